The third-order valence-electron chi connectivity index (χ3n) is 5.24. The summed E-state index contributed by atoms with van der Waals surface area (Å²) in [5, 5.41) is 3.38. The molecule has 4 heteroatoms. The first-order chi connectivity index (χ1) is 14.8. The first kappa shape index (κ1) is 22.5. The maximum atomic E-state index is 13.3. The second-order valence-corrected chi connectivity index (χ2v) is 8.66. The number of anilines is 1. The molecule has 31 heavy (non-hydrogen) atoms. The summed E-state index contributed by atoms with van der Waals surface area (Å²) in [5.74, 6) is 0.544. The van der Waals surface area contributed by atoms with Crippen LogP contribution in [0.5, 0.6) is 5.75 Å². The molecule has 0 bridgehead atoms. The molecule has 3 nitrogen and oxygen atoms in total. The van der Waals surface area contributed by atoms with Crippen molar-refractivity contribution in [2.75, 3.05) is 11.9 Å². The summed E-state index contributed by atoms with van der Waals surface area (Å²) in [7, 11) is 0. The van der Waals surface area contributed by atoms with Crippen LogP contribution in [0.3, 0.4) is 0 Å². The van der Waals surface area contributed by atoms with Gasteiger partial charge in [-0.25, -0.2) is 4.39 Å². The number of carbonyl (C=O) groups excluding carboxylic acids is 1. The number of benzene rings is 3. The zero-order chi connectivity index (χ0) is 22.4. The first-order valence-electron chi connectivity index (χ1n) is 10.6. The number of hydrogen-bond donors (Lipinski definition) is 1. The molecule has 0 aromatic heterocycles. The normalized spacial score (nSPS) is 12.3. The van der Waals surface area contributed by atoms with Crippen molar-refractivity contribution in [1.29, 1.82) is 0 Å². The number of halogens is 1. The molecular weight excluding hydrogens is 389 g/mol. The molecule has 0 radical (unpaired) electrons. The van der Waals surface area contributed by atoms with Crippen molar-refractivity contribution in [2.24, 2.45) is 0 Å². The predicted octanol–water partition coefficient (Wildman–Crippen LogP) is 6.95. The molecular formula is C27H30FNO2. The third-order valence-corrected chi connectivity index (χ3v) is 5.24. The summed E-state index contributed by atoms with van der Waals surface area (Å²) in [4.78, 5) is 13.1. The highest BCUT2D eigenvalue weighted by Crippen LogP contribution is 2.28. The topological polar surface area (TPSA) is 38.3 Å². The Hall–Kier alpha value is -3.14. The molecule has 0 aliphatic carbocycles. The molecule has 3 aromatic carbocycles. The lowest BCUT2D eigenvalue weighted by atomic mass is 9.86. The van der Waals surface area contributed by atoms with E-state index in [1.807, 2.05) is 55.5 Å². The summed E-state index contributed by atoms with van der Waals surface area (Å²) in [6.07, 6.45) is 0.278. The highest BCUT2D eigenvalue weighted by atomic mass is 19.1. The van der Waals surface area contributed by atoms with Crippen molar-refractivity contribution in [3.05, 3.63) is 95.3 Å². The molecule has 1 N–H and O–H groups in total. The molecule has 0 amide bonds. The number of ether oxygens (including phenoxy) is 1. The second-order valence-electron chi connectivity index (χ2n) is 8.66. The Morgan fingerprint density at radius 2 is 1.55 bits per heavy atom. The monoisotopic (exact) mass is 419 g/mol. The fourth-order valence-corrected chi connectivity index (χ4v) is 3.42. The Balaban J connectivity index is 1.82. The van der Waals surface area contributed by atoms with Gasteiger partial charge in [0.05, 0.1) is 12.6 Å². The van der Waals surface area contributed by atoms with Crippen molar-refractivity contribution >= 4 is 11.5 Å². The Morgan fingerprint density at radius 3 is 2.10 bits per heavy atom. The number of hydrogen-bond acceptors (Lipinski definition) is 3. The highest BCUT2D eigenvalue weighted by Gasteiger charge is 2.19. The highest BCUT2D eigenvalue weighted by molar-refractivity contribution is 5.96. The lowest BCUT2D eigenvalue weighted by Gasteiger charge is -2.21. The van der Waals surface area contributed by atoms with Crippen LogP contribution in [0.25, 0.3) is 0 Å². The van der Waals surface area contributed by atoms with Gasteiger partial charge in [0.25, 0.3) is 0 Å². The second kappa shape index (κ2) is 9.78. The van der Waals surface area contributed by atoms with Crippen LogP contribution in [0.1, 0.15) is 61.6 Å². The molecule has 0 fully saturated rings. The van der Waals surface area contributed by atoms with Crippen LogP contribution in [0, 0.1) is 5.82 Å². The third kappa shape index (κ3) is 6.17. The Bertz CT molecular complexity index is 987. The Kier molecular flexibility index (Phi) is 7.11. The van der Waals surface area contributed by atoms with Gasteiger partial charge in [0.2, 0.25) is 0 Å². The van der Waals surface area contributed by atoms with Gasteiger partial charge in [-0.05, 0) is 59.9 Å². The summed E-state index contributed by atoms with van der Waals surface area (Å²) in [5.41, 5.74) is 3.64. The van der Waals surface area contributed by atoms with Crippen molar-refractivity contribution < 1.29 is 13.9 Å². The van der Waals surface area contributed by atoms with E-state index < -0.39 is 0 Å². The van der Waals surface area contributed by atoms with E-state index in [-0.39, 0.29) is 29.5 Å². The van der Waals surface area contributed by atoms with Crippen LogP contribution in [-0.4, -0.2) is 12.4 Å². The lowest BCUT2D eigenvalue weighted by molar-refractivity contribution is 0.0976. The number of Topliss-reactive ketones (excluding diaryl/α,β-unsaturated/α-hetero) is 1. The van der Waals surface area contributed by atoms with E-state index in [9.17, 15) is 9.18 Å². The predicted molar refractivity (Wildman–Crippen MR) is 124 cm³/mol. The molecule has 0 heterocycles. The average Bonchev–Trinajstić information content (AvgIpc) is 2.75. The molecule has 162 valence electrons. The van der Waals surface area contributed by atoms with Crippen molar-refractivity contribution in [3.63, 3.8) is 0 Å². The standard InChI is InChI=1S/C27H30FNO2/c1-5-31-24-16-8-19(9-17-24)25(29-23-14-12-22(28)13-15-23)18-26(30)20-6-10-21(11-7-20)27(2,3)4/h6-17,25,29H,5,18H2,1-4H3/t25-/m0/s1. The van der Waals surface area contributed by atoms with Gasteiger partial charge in [-0.3, -0.25) is 4.79 Å². The maximum absolute atomic E-state index is 13.3. The van der Waals surface area contributed by atoms with E-state index in [0.717, 1.165) is 17.0 Å². The number of ketones is 1. The van der Waals surface area contributed by atoms with E-state index in [2.05, 4.69) is 26.1 Å². The van der Waals surface area contributed by atoms with Crippen LogP contribution >= 0.6 is 0 Å². The largest absolute Gasteiger partial charge is 0.494 e. The van der Waals surface area contributed by atoms with Gasteiger partial charge in [0.15, 0.2) is 5.78 Å². The van der Waals surface area contributed by atoms with Crippen LogP contribution < -0.4 is 10.1 Å². The van der Waals surface area contributed by atoms with Gasteiger partial charge in [-0.2, -0.15) is 0 Å². The molecule has 0 unspecified atom stereocenters. The smallest absolute Gasteiger partial charge is 0.165 e. The van der Waals surface area contributed by atoms with Crippen molar-refractivity contribution in [2.45, 2.75) is 45.6 Å². The van der Waals surface area contributed by atoms with E-state index in [1.165, 1.54) is 17.7 Å². The quantitative estimate of drug-likeness (QED) is 0.402. The van der Waals surface area contributed by atoms with Crippen LogP contribution in [0.15, 0.2) is 72.8 Å². The van der Waals surface area contributed by atoms with Crippen molar-refractivity contribution in [3.8, 4) is 5.75 Å². The zero-order valence-corrected chi connectivity index (χ0v) is 18.6. The summed E-state index contributed by atoms with van der Waals surface area (Å²) < 4.78 is 18.8. The zero-order valence-electron chi connectivity index (χ0n) is 18.6. The minimum atomic E-state index is -0.293. The Labute approximate surface area is 184 Å². The molecule has 0 saturated heterocycles. The molecule has 0 saturated carbocycles. The number of nitrogens with one attached hydrogen (secondary N) is 1. The molecule has 3 aromatic rings. The van der Waals surface area contributed by atoms with Gasteiger partial charge in [0.1, 0.15) is 11.6 Å². The van der Waals surface area contributed by atoms with E-state index >= 15 is 0 Å². The van der Waals surface area contributed by atoms with E-state index in [1.54, 1.807) is 12.1 Å². The van der Waals surface area contributed by atoms with Crippen LogP contribution in [0.4, 0.5) is 10.1 Å². The first-order valence-corrected chi connectivity index (χ1v) is 10.6. The van der Waals surface area contributed by atoms with Gasteiger partial charge in [-0.15, -0.1) is 0 Å². The number of rotatable bonds is 8. The fraction of sp³-hybridized carbons (Fsp3) is 0.296. The summed E-state index contributed by atoms with van der Waals surface area (Å²) in [6, 6.07) is 21.5. The Morgan fingerprint density at radius 1 is 0.935 bits per heavy atom. The number of carbonyl (C=O) groups is 1. The molecule has 0 aliphatic rings. The maximum Gasteiger partial charge on any atom is 0.165 e. The average molecular weight is 420 g/mol. The minimum Gasteiger partial charge on any atom is -0.494 e. The molecule has 0 aliphatic heterocycles. The molecule has 1 atom stereocenters. The van der Waals surface area contributed by atoms with E-state index in [4.69, 9.17) is 4.74 Å². The van der Waals surface area contributed by atoms with Gasteiger partial charge in [0, 0.05) is 17.7 Å². The molecule has 0 spiro atoms. The van der Waals surface area contributed by atoms with Crippen LogP contribution in [-0.2, 0) is 5.41 Å². The fourth-order valence-electron chi connectivity index (χ4n) is 3.42. The van der Waals surface area contributed by atoms with Gasteiger partial charge >= 0.3 is 0 Å². The minimum absolute atomic E-state index is 0.0383. The summed E-state index contributed by atoms with van der Waals surface area (Å²) >= 11 is 0. The SMILES string of the molecule is CCOc1ccc([C@H](CC(=O)c2ccc(C(C)(C)C)cc2)Nc2ccc(F)cc2)cc1. The lowest BCUT2D eigenvalue weighted by Crippen LogP contribution is -2.16. The van der Waals surface area contributed by atoms with E-state index in [0.29, 0.717) is 12.2 Å². The van der Waals surface area contributed by atoms with Crippen LogP contribution in [0.2, 0.25) is 0 Å². The van der Waals surface area contributed by atoms with Crippen molar-refractivity contribution in [1.82, 2.24) is 0 Å². The molecule has 3 rings (SSSR count). The van der Waals surface area contributed by atoms with Gasteiger partial charge < -0.3 is 10.1 Å². The van der Waals surface area contributed by atoms with Gasteiger partial charge in [-0.1, -0.05) is 57.2 Å². The summed E-state index contributed by atoms with van der Waals surface area (Å²) in [6.45, 7) is 8.99.